The molecule has 0 saturated heterocycles. The Hall–Kier alpha value is -3.46. The van der Waals surface area contributed by atoms with Crippen LogP contribution < -0.4 is 10.6 Å². The molecule has 2 amide bonds. The first-order valence-corrected chi connectivity index (χ1v) is 9.61. The van der Waals surface area contributed by atoms with E-state index in [4.69, 9.17) is 0 Å². The average Bonchev–Trinajstić information content (AvgIpc) is 3.24. The lowest BCUT2D eigenvalue weighted by molar-refractivity contribution is -0.137. The molecule has 0 fully saturated rings. The highest BCUT2D eigenvalue weighted by atomic mass is 32.1. The highest BCUT2D eigenvalue weighted by Gasteiger charge is 2.30. The molecule has 0 aliphatic heterocycles. The molecule has 0 radical (unpaired) electrons. The second kappa shape index (κ2) is 8.91. The standard InChI is InChI=1S/C21H16F3N3O2S/c1-13(14-3-2-4-15(10-14)21(22,23)24)9-19(28)26-16-5-7-17(8-6-16)27-20(29)18-11-30-12-25-18/h2-8,10-12H,1,9H2,(H,26,28)(H,27,29). The highest BCUT2D eigenvalue weighted by Crippen LogP contribution is 2.31. The molecule has 2 N–H and O–H groups in total. The van der Waals surface area contributed by atoms with Crippen LogP contribution in [0.25, 0.3) is 5.57 Å². The first-order valence-electron chi connectivity index (χ1n) is 8.67. The summed E-state index contributed by atoms with van der Waals surface area (Å²) in [5.74, 6) is -0.762. The molecule has 154 valence electrons. The zero-order chi connectivity index (χ0) is 21.7. The van der Waals surface area contributed by atoms with Crippen molar-refractivity contribution in [3.8, 4) is 0 Å². The van der Waals surface area contributed by atoms with Crippen LogP contribution in [0, 0.1) is 0 Å². The molecule has 1 aromatic heterocycles. The van der Waals surface area contributed by atoms with Crippen LogP contribution in [-0.2, 0) is 11.0 Å². The number of carbonyl (C=O) groups excluding carboxylic acids is 2. The van der Waals surface area contributed by atoms with Gasteiger partial charge in [-0.3, -0.25) is 9.59 Å². The third-order valence-electron chi connectivity index (χ3n) is 4.06. The lowest BCUT2D eigenvalue weighted by Gasteiger charge is -2.11. The molecule has 30 heavy (non-hydrogen) atoms. The molecule has 0 atom stereocenters. The first kappa shape index (κ1) is 21.3. The Morgan fingerprint density at radius 1 is 1.03 bits per heavy atom. The van der Waals surface area contributed by atoms with Crippen molar-refractivity contribution in [2.24, 2.45) is 0 Å². The fourth-order valence-corrected chi connectivity index (χ4v) is 3.11. The number of thiazole rings is 1. The van der Waals surface area contributed by atoms with Crippen molar-refractivity contribution in [3.63, 3.8) is 0 Å². The van der Waals surface area contributed by atoms with Gasteiger partial charge in [-0.2, -0.15) is 13.2 Å². The molecular weight excluding hydrogens is 415 g/mol. The van der Waals surface area contributed by atoms with Crippen molar-refractivity contribution in [1.82, 2.24) is 4.98 Å². The van der Waals surface area contributed by atoms with Gasteiger partial charge in [-0.25, -0.2) is 4.98 Å². The quantitative estimate of drug-likeness (QED) is 0.545. The summed E-state index contributed by atoms with van der Waals surface area (Å²) in [5, 5.41) is 6.96. The summed E-state index contributed by atoms with van der Waals surface area (Å²) >= 11 is 1.31. The van der Waals surface area contributed by atoms with Gasteiger partial charge in [0, 0.05) is 16.8 Å². The van der Waals surface area contributed by atoms with Gasteiger partial charge in [0.15, 0.2) is 0 Å². The number of nitrogens with zero attached hydrogens (tertiary/aromatic N) is 1. The minimum atomic E-state index is -4.46. The monoisotopic (exact) mass is 431 g/mol. The van der Waals surface area contributed by atoms with E-state index in [1.807, 2.05) is 0 Å². The molecule has 3 rings (SSSR count). The van der Waals surface area contributed by atoms with Crippen LogP contribution in [0.2, 0.25) is 0 Å². The van der Waals surface area contributed by atoms with Crippen LogP contribution in [0.4, 0.5) is 24.5 Å². The molecule has 1 heterocycles. The van der Waals surface area contributed by atoms with Gasteiger partial charge in [0.05, 0.1) is 17.5 Å². The number of nitrogens with one attached hydrogen (secondary N) is 2. The van der Waals surface area contributed by atoms with Crippen LogP contribution in [0.5, 0.6) is 0 Å². The Balaban J connectivity index is 1.57. The predicted molar refractivity (Wildman–Crippen MR) is 110 cm³/mol. The Morgan fingerprint density at radius 2 is 1.70 bits per heavy atom. The Labute approximate surface area is 174 Å². The van der Waals surface area contributed by atoms with E-state index in [1.165, 1.54) is 23.5 Å². The van der Waals surface area contributed by atoms with Gasteiger partial charge >= 0.3 is 6.18 Å². The summed E-state index contributed by atoms with van der Waals surface area (Å²) in [6, 6.07) is 11.1. The van der Waals surface area contributed by atoms with Crippen molar-refractivity contribution in [2.45, 2.75) is 12.6 Å². The lowest BCUT2D eigenvalue weighted by atomic mass is 10.0. The summed E-state index contributed by atoms with van der Waals surface area (Å²) < 4.78 is 38.5. The van der Waals surface area contributed by atoms with Gasteiger partial charge in [-0.1, -0.05) is 18.7 Å². The number of halogens is 3. The minimum absolute atomic E-state index is 0.163. The highest BCUT2D eigenvalue weighted by molar-refractivity contribution is 7.07. The lowest BCUT2D eigenvalue weighted by Crippen LogP contribution is -2.13. The Kier molecular flexibility index (Phi) is 6.31. The molecule has 0 aliphatic carbocycles. The number of rotatable bonds is 6. The maximum absolute atomic E-state index is 12.8. The topological polar surface area (TPSA) is 71.1 Å². The third-order valence-corrected chi connectivity index (χ3v) is 4.65. The normalized spacial score (nSPS) is 11.0. The van der Waals surface area contributed by atoms with Gasteiger partial charge in [-0.15, -0.1) is 11.3 Å². The molecule has 3 aromatic rings. The summed E-state index contributed by atoms with van der Waals surface area (Å²) in [4.78, 5) is 28.1. The van der Waals surface area contributed by atoms with Gasteiger partial charge in [0.1, 0.15) is 5.69 Å². The SMILES string of the molecule is C=C(CC(=O)Nc1ccc(NC(=O)c2cscn2)cc1)c1cccc(C(F)(F)F)c1. The van der Waals surface area contributed by atoms with Crippen LogP contribution in [0.3, 0.4) is 0 Å². The molecular formula is C21H16F3N3O2S. The van der Waals surface area contributed by atoms with E-state index in [0.29, 0.717) is 17.1 Å². The molecule has 2 aromatic carbocycles. The first-order chi connectivity index (χ1) is 14.2. The van der Waals surface area contributed by atoms with Crippen molar-refractivity contribution < 1.29 is 22.8 Å². The fraction of sp³-hybridized carbons (Fsp3) is 0.0952. The van der Waals surface area contributed by atoms with Gasteiger partial charge in [0.25, 0.3) is 5.91 Å². The summed E-state index contributed by atoms with van der Waals surface area (Å²) in [7, 11) is 0. The van der Waals surface area contributed by atoms with E-state index in [2.05, 4.69) is 22.2 Å². The summed E-state index contributed by atoms with van der Waals surface area (Å²) in [6.07, 6.45) is -4.63. The third kappa shape index (κ3) is 5.54. The van der Waals surface area contributed by atoms with E-state index in [-0.39, 0.29) is 23.5 Å². The number of aromatic nitrogens is 1. The number of hydrogen-bond acceptors (Lipinski definition) is 4. The summed E-state index contributed by atoms with van der Waals surface area (Å²) in [5.41, 5.74) is 2.59. The molecule has 0 bridgehead atoms. The van der Waals surface area contributed by atoms with Crippen LogP contribution in [0.1, 0.15) is 28.0 Å². The number of carbonyl (C=O) groups is 2. The zero-order valence-corrected chi connectivity index (χ0v) is 16.3. The van der Waals surface area contributed by atoms with Crippen LogP contribution >= 0.6 is 11.3 Å². The Morgan fingerprint density at radius 3 is 2.30 bits per heavy atom. The Bertz CT molecular complexity index is 1060. The van der Waals surface area contributed by atoms with Gasteiger partial charge in [0.2, 0.25) is 5.91 Å². The van der Waals surface area contributed by atoms with E-state index in [9.17, 15) is 22.8 Å². The molecule has 5 nitrogen and oxygen atoms in total. The van der Waals surface area contributed by atoms with Crippen molar-refractivity contribution in [2.75, 3.05) is 10.6 Å². The molecule has 0 unspecified atom stereocenters. The average molecular weight is 431 g/mol. The number of alkyl halides is 3. The fourth-order valence-electron chi connectivity index (χ4n) is 2.57. The van der Waals surface area contributed by atoms with E-state index in [0.717, 1.165) is 12.1 Å². The molecule has 0 spiro atoms. The van der Waals surface area contributed by atoms with Gasteiger partial charge < -0.3 is 10.6 Å². The molecule has 0 saturated carbocycles. The van der Waals surface area contributed by atoms with Crippen molar-refractivity contribution in [1.29, 1.82) is 0 Å². The van der Waals surface area contributed by atoms with E-state index < -0.39 is 17.6 Å². The second-order valence-corrected chi connectivity index (χ2v) is 7.03. The summed E-state index contributed by atoms with van der Waals surface area (Å²) in [6.45, 7) is 3.72. The minimum Gasteiger partial charge on any atom is -0.326 e. The number of amides is 2. The van der Waals surface area contributed by atoms with Crippen LogP contribution in [-0.4, -0.2) is 16.8 Å². The van der Waals surface area contributed by atoms with Gasteiger partial charge in [-0.05, 0) is 47.5 Å². The van der Waals surface area contributed by atoms with Crippen LogP contribution in [0.15, 0.2) is 66.0 Å². The zero-order valence-electron chi connectivity index (χ0n) is 15.5. The maximum atomic E-state index is 12.8. The van der Waals surface area contributed by atoms with E-state index >= 15 is 0 Å². The molecule has 0 aliphatic rings. The predicted octanol–water partition coefficient (Wildman–Crippen LogP) is 5.46. The number of anilines is 2. The number of hydrogen-bond donors (Lipinski definition) is 2. The maximum Gasteiger partial charge on any atom is 0.416 e. The second-order valence-electron chi connectivity index (χ2n) is 6.31. The van der Waals surface area contributed by atoms with E-state index in [1.54, 1.807) is 35.2 Å². The number of benzene rings is 2. The van der Waals surface area contributed by atoms with Crippen molar-refractivity contribution in [3.05, 3.63) is 82.8 Å². The molecule has 9 heteroatoms. The van der Waals surface area contributed by atoms with Crippen molar-refractivity contribution >= 4 is 40.1 Å². The smallest absolute Gasteiger partial charge is 0.326 e. The largest absolute Gasteiger partial charge is 0.416 e.